The van der Waals surface area contributed by atoms with Gasteiger partial charge in [0.05, 0.1) is 6.10 Å². The van der Waals surface area contributed by atoms with E-state index >= 15 is 0 Å². The molecule has 1 N–H and O–H groups in total. The van der Waals surface area contributed by atoms with E-state index in [-0.39, 0.29) is 11.5 Å². The van der Waals surface area contributed by atoms with Crippen LogP contribution < -0.4 is 0 Å². The SMILES string of the molecule is O=C(CC(O)C/C=C/c1ccccc1)Sc1ccccc1. The summed E-state index contributed by atoms with van der Waals surface area (Å²) in [7, 11) is 0. The number of rotatable bonds is 6. The number of hydrogen-bond donors (Lipinski definition) is 1. The fraction of sp³-hybridized carbons (Fsp3) is 0.167. The third kappa shape index (κ3) is 5.98. The minimum absolute atomic E-state index is 0.0122. The average molecular weight is 298 g/mol. The molecule has 0 aliphatic carbocycles. The Hall–Kier alpha value is -1.84. The Morgan fingerprint density at radius 2 is 1.67 bits per heavy atom. The maximum atomic E-state index is 11.8. The van der Waals surface area contributed by atoms with Gasteiger partial charge in [-0.2, -0.15) is 0 Å². The van der Waals surface area contributed by atoms with Gasteiger partial charge in [0, 0.05) is 11.3 Å². The lowest BCUT2D eigenvalue weighted by Crippen LogP contribution is -2.09. The van der Waals surface area contributed by atoms with Crippen LogP contribution in [0.15, 0.2) is 71.6 Å². The molecule has 3 heteroatoms. The van der Waals surface area contributed by atoms with Crippen LogP contribution in [0.1, 0.15) is 18.4 Å². The second-order valence-electron chi connectivity index (χ2n) is 4.69. The Balaban J connectivity index is 1.75. The molecule has 1 atom stereocenters. The van der Waals surface area contributed by atoms with Crippen molar-refractivity contribution in [3.05, 3.63) is 72.3 Å². The molecule has 0 aliphatic rings. The highest BCUT2D eigenvalue weighted by molar-refractivity contribution is 8.13. The summed E-state index contributed by atoms with van der Waals surface area (Å²) in [5, 5.41) is 9.88. The zero-order valence-electron chi connectivity index (χ0n) is 11.7. The molecule has 0 heterocycles. The molecule has 0 amide bonds. The summed E-state index contributed by atoms with van der Waals surface area (Å²) in [5.74, 6) is 0. The van der Waals surface area contributed by atoms with Crippen LogP contribution in [0.2, 0.25) is 0 Å². The van der Waals surface area contributed by atoms with Crippen molar-refractivity contribution in [1.29, 1.82) is 0 Å². The molecule has 0 fully saturated rings. The van der Waals surface area contributed by atoms with E-state index in [0.717, 1.165) is 10.5 Å². The van der Waals surface area contributed by atoms with Crippen LogP contribution in [-0.4, -0.2) is 16.3 Å². The Kier molecular flexibility index (Phi) is 6.25. The van der Waals surface area contributed by atoms with Gasteiger partial charge in [-0.25, -0.2) is 0 Å². The van der Waals surface area contributed by atoms with Crippen molar-refractivity contribution in [2.75, 3.05) is 0 Å². The first-order chi connectivity index (χ1) is 10.2. The predicted molar refractivity (Wildman–Crippen MR) is 88.0 cm³/mol. The second-order valence-corrected chi connectivity index (χ2v) is 5.82. The van der Waals surface area contributed by atoms with E-state index in [1.807, 2.05) is 72.8 Å². The van der Waals surface area contributed by atoms with Crippen molar-refractivity contribution in [3.63, 3.8) is 0 Å². The van der Waals surface area contributed by atoms with Gasteiger partial charge in [-0.15, -0.1) is 0 Å². The molecule has 0 bridgehead atoms. The molecule has 1 unspecified atom stereocenters. The quantitative estimate of drug-likeness (QED) is 0.814. The zero-order chi connectivity index (χ0) is 14.9. The largest absolute Gasteiger partial charge is 0.392 e. The van der Waals surface area contributed by atoms with Crippen LogP contribution in [-0.2, 0) is 4.79 Å². The summed E-state index contributed by atoms with van der Waals surface area (Å²) in [6, 6.07) is 19.4. The zero-order valence-corrected chi connectivity index (χ0v) is 12.5. The molecule has 0 radical (unpaired) electrons. The van der Waals surface area contributed by atoms with Crippen molar-refractivity contribution in [2.45, 2.75) is 23.8 Å². The van der Waals surface area contributed by atoms with E-state index in [2.05, 4.69) is 0 Å². The van der Waals surface area contributed by atoms with Gasteiger partial charge in [0.15, 0.2) is 5.12 Å². The summed E-state index contributed by atoms with van der Waals surface area (Å²) in [6.45, 7) is 0. The topological polar surface area (TPSA) is 37.3 Å². The Labute approximate surface area is 129 Å². The van der Waals surface area contributed by atoms with E-state index in [1.54, 1.807) is 0 Å². The fourth-order valence-electron chi connectivity index (χ4n) is 1.86. The number of hydrogen-bond acceptors (Lipinski definition) is 3. The van der Waals surface area contributed by atoms with E-state index < -0.39 is 6.10 Å². The van der Waals surface area contributed by atoms with Crippen molar-refractivity contribution in [2.24, 2.45) is 0 Å². The monoisotopic (exact) mass is 298 g/mol. The first-order valence-corrected chi connectivity index (χ1v) is 7.71. The van der Waals surface area contributed by atoms with Gasteiger partial charge in [-0.1, -0.05) is 72.4 Å². The van der Waals surface area contributed by atoms with Gasteiger partial charge < -0.3 is 5.11 Å². The van der Waals surface area contributed by atoms with Crippen molar-refractivity contribution < 1.29 is 9.90 Å². The van der Waals surface area contributed by atoms with Crippen molar-refractivity contribution in [3.8, 4) is 0 Å². The maximum Gasteiger partial charge on any atom is 0.196 e. The molecule has 21 heavy (non-hydrogen) atoms. The van der Waals surface area contributed by atoms with Crippen molar-refractivity contribution >= 4 is 23.0 Å². The van der Waals surface area contributed by atoms with Crippen LogP contribution in [0.4, 0.5) is 0 Å². The summed E-state index contributed by atoms with van der Waals surface area (Å²) < 4.78 is 0. The number of aliphatic hydroxyl groups excluding tert-OH is 1. The van der Waals surface area contributed by atoms with Gasteiger partial charge in [-0.3, -0.25) is 4.79 Å². The molecule has 0 saturated heterocycles. The average Bonchev–Trinajstić information content (AvgIpc) is 2.49. The lowest BCUT2D eigenvalue weighted by Gasteiger charge is -2.06. The van der Waals surface area contributed by atoms with E-state index in [9.17, 15) is 9.90 Å². The van der Waals surface area contributed by atoms with Crippen LogP contribution in [0.25, 0.3) is 6.08 Å². The number of benzene rings is 2. The number of aliphatic hydroxyl groups is 1. The summed E-state index contributed by atoms with van der Waals surface area (Å²) in [6.07, 6.45) is 3.88. The Morgan fingerprint density at radius 1 is 1.05 bits per heavy atom. The number of thioether (sulfide) groups is 1. The van der Waals surface area contributed by atoms with Gasteiger partial charge in [-0.05, 0) is 24.1 Å². The molecule has 2 nitrogen and oxygen atoms in total. The standard InChI is InChI=1S/C18H18O2S/c19-16(11-7-10-15-8-3-1-4-9-15)14-18(20)21-17-12-5-2-6-13-17/h1-10,12-13,16,19H,11,14H2/b10-7+. The summed E-state index contributed by atoms with van der Waals surface area (Å²) in [5.41, 5.74) is 1.09. The summed E-state index contributed by atoms with van der Waals surface area (Å²) in [4.78, 5) is 12.7. The van der Waals surface area contributed by atoms with Crippen LogP contribution in [0.5, 0.6) is 0 Å². The molecular formula is C18H18O2S. The highest BCUT2D eigenvalue weighted by Crippen LogP contribution is 2.20. The molecule has 0 saturated carbocycles. The van der Waals surface area contributed by atoms with E-state index in [1.165, 1.54) is 11.8 Å². The Bertz CT molecular complexity index is 579. The summed E-state index contributed by atoms with van der Waals surface area (Å²) >= 11 is 1.18. The number of carbonyl (C=O) groups is 1. The molecule has 0 spiro atoms. The third-order valence-electron chi connectivity index (χ3n) is 2.90. The molecular weight excluding hydrogens is 280 g/mol. The molecule has 0 aromatic heterocycles. The molecule has 2 rings (SSSR count). The minimum atomic E-state index is -0.631. The van der Waals surface area contributed by atoms with Crippen LogP contribution in [0.3, 0.4) is 0 Å². The van der Waals surface area contributed by atoms with E-state index in [4.69, 9.17) is 0 Å². The lowest BCUT2D eigenvalue weighted by molar-refractivity contribution is -0.112. The molecule has 108 valence electrons. The van der Waals surface area contributed by atoms with Gasteiger partial charge in [0.2, 0.25) is 0 Å². The fourth-order valence-corrected chi connectivity index (χ4v) is 2.69. The number of carbonyl (C=O) groups excluding carboxylic acids is 1. The normalized spacial score (nSPS) is 12.4. The molecule has 2 aromatic rings. The van der Waals surface area contributed by atoms with Crippen LogP contribution in [0, 0.1) is 0 Å². The first-order valence-electron chi connectivity index (χ1n) is 6.89. The smallest absolute Gasteiger partial charge is 0.196 e. The minimum Gasteiger partial charge on any atom is -0.392 e. The van der Waals surface area contributed by atoms with Gasteiger partial charge >= 0.3 is 0 Å². The predicted octanol–water partition coefficient (Wildman–Crippen LogP) is 4.16. The third-order valence-corrected chi connectivity index (χ3v) is 3.80. The molecule has 0 aliphatic heterocycles. The van der Waals surface area contributed by atoms with Gasteiger partial charge in [0.1, 0.15) is 0 Å². The Morgan fingerprint density at radius 3 is 2.33 bits per heavy atom. The first kappa shape index (κ1) is 15.5. The highest BCUT2D eigenvalue weighted by Gasteiger charge is 2.10. The second kappa shape index (κ2) is 8.45. The van der Waals surface area contributed by atoms with E-state index in [0.29, 0.717) is 6.42 Å². The molecule has 2 aromatic carbocycles. The van der Waals surface area contributed by atoms with Gasteiger partial charge in [0.25, 0.3) is 0 Å². The van der Waals surface area contributed by atoms with Crippen molar-refractivity contribution in [1.82, 2.24) is 0 Å². The lowest BCUT2D eigenvalue weighted by atomic mass is 10.1. The maximum absolute atomic E-state index is 11.8. The van der Waals surface area contributed by atoms with Crippen LogP contribution >= 0.6 is 11.8 Å². The highest BCUT2D eigenvalue weighted by atomic mass is 32.2.